The number of carbonyl (C=O) groups is 1. The summed E-state index contributed by atoms with van der Waals surface area (Å²) in [5.41, 5.74) is 3.37. The molecule has 148 valence electrons. The second kappa shape index (κ2) is 9.11. The first-order valence-electron chi connectivity index (χ1n) is 10.4. The third-order valence-electron chi connectivity index (χ3n) is 5.60. The van der Waals surface area contributed by atoms with E-state index in [0.29, 0.717) is 13.0 Å². The SMILES string of the molecule is O=C1CCCc2cccc(OCCCN3CCN(c4ccccc4)CC3)c2N1. The number of aryl methyl sites for hydroxylation is 1. The zero-order chi connectivity index (χ0) is 19.2. The van der Waals surface area contributed by atoms with Crippen LogP contribution < -0.4 is 15.0 Å². The Hall–Kier alpha value is -2.53. The number of hydrogen-bond donors (Lipinski definition) is 1. The Bertz CT molecular complexity index is 786. The summed E-state index contributed by atoms with van der Waals surface area (Å²) in [6, 6.07) is 16.7. The third-order valence-corrected chi connectivity index (χ3v) is 5.60. The Kier molecular flexibility index (Phi) is 6.12. The molecule has 2 aliphatic heterocycles. The van der Waals surface area contributed by atoms with Gasteiger partial charge in [-0.05, 0) is 43.0 Å². The van der Waals surface area contributed by atoms with Crippen LogP contribution in [0.1, 0.15) is 24.8 Å². The van der Waals surface area contributed by atoms with Crippen molar-refractivity contribution in [3.8, 4) is 5.75 Å². The summed E-state index contributed by atoms with van der Waals surface area (Å²) in [6.07, 6.45) is 3.40. The van der Waals surface area contributed by atoms with Crippen molar-refractivity contribution in [3.05, 3.63) is 54.1 Å². The highest BCUT2D eigenvalue weighted by Crippen LogP contribution is 2.32. The minimum Gasteiger partial charge on any atom is -0.491 e. The molecular weight excluding hydrogens is 350 g/mol. The number of hydrogen-bond acceptors (Lipinski definition) is 4. The van der Waals surface area contributed by atoms with E-state index in [1.54, 1.807) is 0 Å². The van der Waals surface area contributed by atoms with E-state index in [1.807, 2.05) is 12.1 Å². The second-order valence-electron chi connectivity index (χ2n) is 7.56. The first-order chi connectivity index (χ1) is 13.8. The van der Waals surface area contributed by atoms with Crippen molar-refractivity contribution >= 4 is 17.3 Å². The quantitative estimate of drug-likeness (QED) is 0.780. The third kappa shape index (κ3) is 4.65. The number of rotatable bonds is 6. The number of amides is 1. The van der Waals surface area contributed by atoms with Crippen molar-refractivity contribution < 1.29 is 9.53 Å². The number of para-hydroxylation sites is 2. The predicted molar refractivity (Wildman–Crippen MR) is 113 cm³/mol. The summed E-state index contributed by atoms with van der Waals surface area (Å²) in [5.74, 6) is 0.896. The number of piperazine rings is 1. The molecule has 4 rings (SSSR count). The average Bonchev–Trinajstić information content (AvgIpc) is 2.93. The zero-order valence-electron chi connectivity index (χ0n) is 16.4. The van der Waals surface area contributed by atoms with Crippen LogP contribution in [0.15, 0.2) is 48.5 Å². The molecule has 1 saturated heterocycles. The normalized spacial score (nSPS) is 17.6. The zero-order valence-corrected chi connectivity index (χ0v) is 16.4. The molecule has 0 aliphatic carbocycles. The molecule has 2 aromatic carbocycles. The smallest absolute Gasteiger partial charge is 0.224 e. The van der Waals surface area contributed by atoms with E-state index >= 15 is 0 Å². The number of nitrogens with one attached hydrogen (secondary N) is 1. The molecule has 1 N–H and O–H groups in total. The first kappa shape index (κ1) is 18.8. The summed E-state index contributed by atoms with van der Waals surface area (Å²) in [6.45, 7) is 6.04. The van der Waals surface area contributed by atoms with Gasteiger partial charge in [-0.2, -0.15) is 0 Å². The summed E-state index contributed by atoms with van der Waals surface area (Å²) in [5, 5.41) is 3.02. The van der Waals surface area contributed by atoms with Crippen molar-refractivity contribution in [2.45, 2.75) is 25.7 Å². The minimum absolute atomic E-state index is 0.0890. The monoisotopic (exact) mass is 379 g/mol. The summed E-state index contributed by atoms with van der Waals surface area (Å²) in [4.78, 5) is 16.8. The average molecular weight is 380 g/mol. The van der Waals surface area contributed by atoms with Crippen LogP contribution in [0.4, 0.5) is 11.4 Å². The van der Waals surface area contributed by atoms with Crippen LogP contribution in [0.25, 0.3) is 0 Å². The van der Waals surface area contributed by atoms with Crippen LogP contribution in [-0.4, -0.2) is 50.1 Å². The number of carbonyl (C=O) groups excluding carboxylic acids is 1. The highest BCUT2D eigenvalue weighted by molar-refractivity contribution is 5.94. The van der Waals surface area contributed by atoms with E-state index in [0.717, 1.165) is 63.4 Å². The standard InChI is InChI=1S/C23H29N3O2/c27-22-12-5-8-19-7-4-11-21(23(19)24-22)28-18-6-13-25-14-16-26(17-15-25)20-9-2-1-3-10-20/h1-4,7,9-11H,5-6,8,12-18H2,(H,24,27). The van der Waals surface area contributed by atoms with Gasteiger partial charge in [-0.25, -0.2) is 0 Å². The van der Waals surface area contributed by atoms with Gasteiger partial charge in [0.1, 0.15) is 5.75 Å². The maximum atomic E-state index is 11.9. The topological polar surface area (TPSA) is 44.8 Å². The molecule has 0 aromatic heterocycles. The minimum atomic E-state index is 0.0890. The van der Waals surface area contributed by atoms with Gasteiger partial charge in [0, 0.05) is 44.8 Å². The van der Waals surface area contributed by atoms with Crippen LogP contribution in [0, 0.1) is 0 Å². The van der Waals surface area contributed by atoms with E-state index in [4.69, 9.17) is 4.74 Å². The van der Waals surface area contributed by atoms with E-state index < -0.39 is 0 Å². The highest BCUT2D eigenvalue weighted by atomic mass is 16.5. The number of fused-ring (bicyclic) bond motifs is 1. The Labute approximate surface area is 167 Å². The lowest BCUT2D eigenvalue weighted by Crippen LogP contribution is -2.46. The summed E-state index contributed by atoms with van der Waals surface area (Å²) in [7, 11) is 0. The molecule has 28 heavy (non-hydrogen) atoms. The molecule has 0 unspecified atom stereocenters. The van der Waals surface area contributed by atoms with Crippen LogP contribution in [0.2, 0.25) is 0 Å². The van der Waals surface area contributed by atoms with Gasteiger partial charge >= 0.3 is 0 Å². The van der Waals surface area contributed by atoms with E-state index in [2.05, 4.69) is 51.5 Å². The van der Waals surface area contributed by atoms with Gasteiger partial charge in [0.15, 0.2) is 0 Å². The van der Waals surface area contributed by atoms with Crippen molar-refractivity contribution in [3.63, 3.8) is 0 Å². The molecule has 1 amide bonds. The highest BCUT2D eigenvalue weighted by Gasteiger charge is 2.18. The lowest BCUT2D eigenvalue weighted by atomic mass is 10.1. The van der Waals surface area contributed by atoms with Crippen molar-refractivity contribution in [1.29, 1.82) is 0 Å². The first-order valence-corrected chi connectivity index (χ1v) is 10.4. The molecule has 5 nitrogen and oxygen atoms in total. The number of ether oxygens (including phenoxy) is 1. The molecule has 2 aliphatic rings. The lowest BCUT2D eigenvalue weighted by Gasteiger charge is -2.36. The number of benzene rings is 2. The fourth-order valence-electron chi connectivity index (χ4n) is 4.03. The summed E-state index contributed by atoms with van der Waals surface area (Å²) < 4.78 is 6.04. The molecule has 0 radical (unpaired) electrons. The molecule has 2 aromatic rings. The fourth-order valence-corrected chi connectivity index (χ4v) is 4.03. The fraction of sp³-hybridized carbons (Fsp3) is 0.435. The van der Waals surface area contributed by atoms with Crippen molar-refractivity contribution in [2.75, 3.05) is 49.5 Å². The molecule has 1 fully saturated rings. The molecule has 0 spiro atoms. The van der Waals surface area contributed by atoms with Crippen LogP contribution in [0.5, 0.6) is 5.75 Å². The largest absolute Gasteiger partial charge is 0.491 e. The Morgan fingerprint density at radius 2 is 1.75 bits per heavy atom. The van der Waals surface area contributed by atoms with Crippen LogP contribution >= 0.6 is 0 Å². The predicted octanol–water partition coefficient (Wildman–Crippen LogP) is 3.55. The van der Waals surface area contributed by atoms with Crippen molar-refractivity contribution in [1.82, 2.24) is 4.90 Å². The van der Waals surface area contributed by atoms with E-state index in [1.165, 1.54) is 11.3 Å². The van der Waals surface area contributed by atoms with Gasteiger partial charge in [0.05, 0.1) is 12.3 Å². The number of nitrogens with zero attached hydrogens (tertiary/aromatic N) is 2. The van der Waals surface area contributed by atoms with Gasteiger partial charge in [-0.3, -0.25) is 9.69 Å². The maximum Gasteiger partial charge on any atom is 0.224 e. The molecule has 2 heterocycles. The van der Waals surface area contributed by atoms with E-state index in [-0.39, 0.29) is 5.91 Å². The molecule has 0 atom stereocenters. The molecule has 0 bridgehead atoms. The van der Waals surface area contributed by atoms with Gasteiger partial charge in [0.25, 0.3) is 0 Å². The van der Waals surface area contributed by atoms with Gasteiger partial charge in [-0.15, -0.1) is 0 Å². The van der Waals surface area contributed by atoms with Crippen molar-refractivity contribution in [2.24, 2.45) is 0 Å². The van der Waals surface area contributed by atoms with Gasteiger partial charge < -0.3 is 15.0 Å². The second-order valence-corrected chi connectivity index (χ2v) is 7.56. The summed E-state index contributed by atoms with van der Waals surface area (Å²) >= 11 is 0. The maximum absolute atomic E-state index is 11.9. The van der Waals surface area contributed by atoms with Gasteiger partial charge in [0.2, 0.25) is 5.91 Å². The number of anilines is 2. The lowest BCUT2D eigenvalue weighted by molar-refractivity contribution is -0.116. The Morgan fingerprint density at radius 1 is 0.929 bits per heavy atom. The molecular formula is C23H29N3O2. The Morgan fingerprint density at radius 3 is 2.57 bits per heavy atom. The molecule has 5 heteroatoms. The van der Waals surface area contributed by atoms with Crippen LogP contribution in [0.3, 0.4) is 0 Å². The molecule has 0 saturated carbocycles. The Balaban J connectivity index is 1.22. The van der Waals surface area contributed by atoms with E-state index in [9.17, 15) is 4.79 Å². The van der Waals surface area contributed by atoms with Crippen LogP contribution in [-0.2, 0) is 11.2 Å². The van der Waals surface area contributed by atoms with Gasteiger partial charge in [-0.1, -0.05) is 30.3 Å².